The molecule has 0 amide bonds. The lowest BCUT2D eigenvalue weighted by Crippen LogP contribution is -2.43. The van der Waals surface area contributed by atoms with Crippen LogP contribution in [-0.4, -0.2) is 33.9 Å². The van der Waals surface area contributed by atoms with E-state index in [1.165, 1.54) is 28.9 Å². The minimum Gasteiger partial charge on any atom is -0.558 e. The number of halogens is 3. The maximum atomic E-state index is 13.7. The van der Waals surface area contributed by atoms with Gasteiger partial charge in [-0.05, 0) is 49.4 Å². The third-order valence-corrected chi connectivity index (χ3v) is 5.92. The number of nitrogens with one attached hydrogen (secondary N) is 1. The Morgan fingerprint density at radius 1 is 1.21 bits per heavy atom. The number of anilines is 1. The minimum atomic E-state index is -1.52. The van der Waals surface area contributed by atoms with Crippen molar-refractivity contribution in [2.75, 3.05) is 18.5 Å². The summed E-state index contributed by atoms with van der Waals surface area (Å²) in [5.74, 6) is -0.0264. The fourth-order valence-electron chi connectivity index (χ4n) is 3.15. The Bertz CT molecular complexity index is 1140. The van der Waals surface area contributed by atoms with Crippen molar-refractivity contribution in [3.63, 3.8) is 0 Å². The highest BCUT2D eigenvalue weighted by atomic mass is 35.5. The molecule has 0 spiro atoms. The van der Waals surface area contributed by atoms with E-state index in [1.807, 2.05) is 6.92 Å². The van der Waals surface area contributed by atoms with Crippen LogP contribution >= 0.6 is 23.2 Å². The maximum Gasteiger partial charge on any atom is 0.265 e. The second-order valence-electron chi connectivity index (χ2n) is 8.58. The van der Waals surface area contributed by atoms with E-state index >= 15 is 0 Å². The molecule has 3 aromatic rings. The Kier molecular flexibility index (Phi) is 7.52. The van der Waals surface area contributed by atoms with Gasteiger partial charge in [-0.2, -0.15) is 19.3 Å². The predicted molar refractivity (Wildman–Crippen MR) is 129 cm³/mol. The summed E-state index contributed by atoms with van der Waals surface area (Å²) in [5, 5.41) is 21.4. The van der Waals surface area contributed by atoms with Crippen molar-refractivity contribution in [3.05, 3.63) is 45.6 Å². The van der Waals surface area contributed by atoms with Crippen LogP contribution < -0.4 is 10.3 Å². The first-order chi connectivity index (χ1) is 15.4. The second kappa shape index (κ2) is 9.69. The average Bonchev–Trinajstić information content (AvgIpc) is 3.13. The van der Waals surface area contributed by atoms with Gasteiger partial charge in [-0.15, -0.1) is 0 Å². The van der Waals surface area contributed by atoms with E-state index in [0.717, 1.165) is 0 Å². The number of hydrogen-bond acceptors (Lipinski definition) is 6. The van der Waals surface area contributed by atoms with Gasteiger partial charge in [0.15, 0.2) is 0 Å². The van der Waals surface area contributed by atoms with Gasteiger partial charge in [0.1, 0.15) is 36.2 Å². The van der Waals surface area contributed by atoms with Gasteiger partial charge in [0.25, 0.3) is 5.69 Å². The minimum absolute atomic E-state index is 0.0313. The van der Waals surface area contributed by atoms with E-state index in [9.17, 15) is 9.60 Å². The molecular weight excluding hydrogens is 472 g/mol. The predicted octanol–water partition coefficient (Wildman–Crippen LogP) is 6.40. The molecule has 1 unspecified atom stereocenters. The molecule has 0 aliphatic carbocycles. The van der Waals surface area contributed by atoms with Crippen molar-refractivity contribution in [2.45, 2.75) is 47.6 Å². The molecule has 0 aliphatic heterocycles. The maximum absolute atomic E-state index is 13.7. The number of quaternary nitrogens is 1. The third-order valence-electron chi connectivity index (χ3n) is 5.33. The number of hydrogen-bond donors (Lipinski definition) is 1. The second-order valence-corrected chi connectivity index (χ2v) is 9.35. The number of rotatable bonds is 8. The normalized spacial score (nSPS) is 13.5. The van der Waals surface area contributed by atoms with Crippen molar-refractivity contribution in [2.24, 2.45) is 5.41 Å². The SMILES string of the molecule is CCO[N+]([O-])(OCC)c1cnn2c(NC(C)C(C)(C)C)c(-c3ccc(F)cc3Cl)c(Cl)nc12. The zero-order chi connectivity index (χ0) is 24.6. The molecule has 0 aliphatic rings. The molecular formula is C22H28Cl2FN5O3. The number of nitrogens with zero attached hydrogens (tertiary/aromatic N) is 4. The summed E-state index contributed by atoms with van der Waals surface area (Å²) in [6, 6.07) is 3.96. The highest BCUT2D eigenvalue weighted by molar-refractivity contribution is 6.36. The molecule has 180 valence electrons. The van der Waals surface area contributed by atoms with Crippen LogP contribution in [0.25, 0.3) is 16.8 Å². The lowest BCUT2D eigenvalue weighted by molar-refractivity contribution is -0.317. The molecule has 33 heavy (non-hydrogen) atoms. The van der Waals surface area contributed by atoms with Gasteiger partial charge >= 0.3 is 0 Å². The van der Waals surface area contributed by atoms with Gasteiger partial charge in [0.05, 0.1) is 10.6 Å². The van der Waals surface area contributed by atoms with Crippen LogP contribution in [0.3, 0.4) is 0 Å². The van der Waals surface area contributed by atoms with Gasteiger partial charge in [0.2, 0.25) is 5.65 Å². The molecule has 0 bridgehead atoms. The fraction of sp³-hybridized carbons (Fsp3) is 0.455. The van der Waals surface area contributed by atoms with E-state index in [0.29, 0.717) is 16.9 Å². The molecule has 3 rings (SSSR count). The van der Waals surface area contributed by atoms with E-state index in [2.05, 4.69) is 36.2 Å². The topological polar surface area (TPSA) is 83.7 Å². The molecule has 2 heterocycles. The highest BCUT2D eigenvalue weighted by Gasteiger charge is 2.33. The van der Waals surface area contributed by atoms with Crippen LogP contribution in [0.2, 0.25) is 10.2 Å². The van der Waals surface area contributed by atoms with Crippen molar-refractivity contribution in [1.82, 2.24) is 19.6 Å². The Labute approximate surface area is 202 Å². The first kappa shape index (κ1) is 25.6. The zero-order valence-corrected chi connectivity index (χ0v) is 21.0. The zero-order valence-electron chi connectivity index (χ0n) is 19.4. The van der Waals surface area contributed by atoms with Crippen molar-refractivity contribution >= 4 is 40.4 Å². The Hall–Kier alpha value is -2.01. The standard InChI is InChI=1S/C22H28Cl2FN5O3/c1-7-32-30(31,33-8-2)17-12-26-29-20(17)28-19(24)18(15-10-9-14(25)11-16(15)23)21(29)27-13(3)22(4,5)6/h9-13,27H,7-8H2,1-6H3. The molecule has 0 saturated carbocycles. The van der Waals surface area contributed by atoms with Crippen LogP contribution in [0.5, 0.6) is 0 Å². The molecule has 0 radical (unpaired) electrons. The van der Waals surface area contributed by atoms with Crippen LogP contribution in [0.4, 0.5) is 15.9 Å². The fourth-order valence-corrected chi connectivity index (χ4v) is 3.68. The Morgan fingerprint density at radius 2 is 1.85 bits per heavy atom. The van der Waals surface area contributed by atoms with E-state index in [1.54, 1.807) is 13.8 Å². The van der Waals surface area contributed by atoms with Crippen LogP contribution in [-0.2, 0) is 9.68 Å². The van der Waals surface area contributed by atoms with Crippen LogP contribution in [0.1, 0.15) is 41.5 Å². The molecule has 11 heteroatoms. The lowest BCUT2D eigenvalue weighted by Gasteiger charge is -2.33. The monoisotopic (exact) mass is 499 g/mol. The summed E-state index contributed by atoms with van der Waals surface area (Å²) in [5.41, 5.74) is 0.940. The molecule has 1 aromatic carbocycles. The van der Waals surface area contributed by atoms with Crippen molar-refractivity contribution in [1.29, 1.82) is 0 Å². The van der Waals surface area contributed by atoms with Gasteiger partial charge in [-0.1, -0.05) is 44.0 Å². The van der Waals surface area contributed by atoms with Crippen LogP contribution in [0, 0.1) is 16.4 Å². The summed E-state index contributed by atoms with van der Waals surface area (Å²) < 4.78 is 15.2. The van der Waals surface area contributed by atoms with Gasteiger partial charge in [0, 0.05) is 11.6 Å². The van der Waals surface area contributed by atoms with E-state index in [-0.39, 0.29) is 46.2 Å². The first-order valence-corrected chi connectivity index (χ1v) is 11.4. The average molecular weight is 500 g/mol. The van der Waals surface area contributed by atoms with Gasteiger partial charge < -0.3 is 10.5 Å². The molecule has 1 atom stereocenters. The van der Waals surface area contributed by atoms with Crippen molar-refractivity contribution in [3.8, 4) is 11.1 Å². The molecule has 0 saturated heterocycles. The molecule has 8 nitrogen and oxygen atoms in total. The van der Waals surface area contributed by atoms with Crippen LogP contribution in [0.15, 0.2) is 24.4 Å². The smallest absolute Gasteiger partial charge is 0.265 e. The first-order valence-electron chi connectivity index (χ1n) is 10.6. The summed E-state index contributed by atoms with van der Waals surface area (Å²) >= 11 is 13.0. The summed E-state index contributed by atoms with van der Waals surface area (Å²) in [4.78, 5) is 13.6. The number of benzene rings is 1. The lowest BCUT2D eigenvalue weighted by atomic mass is 9.88. The van der Waals surface area contributed by atoms with Gasteiger partial charge in [-0.3, -0.25) is 0 Å². The quantitative estimate of drug-likeness (QED) is 0.219. The number of fused-ring (bicyclic) bond motifs is 1. The summed E-state index contributed by atoms with van der Waals surface area (Å²) in [6.07, 6.45) is 1.33. The Balaban J connectivity index is 2.33. The highest BCUT2D eigenvalue weighted by Crippen LogP contribution is 2.41. The Morgan fingerprint density at radius 3 is 2.39 bits per heavy atom. The third kappa shape index (κ3) is 5.08. The molecule has 2 aromatic heterocycles. The summed E-state index contributed by atoms with van der Waals surface area (Å²) in [6.45, 7) is 11.8. The van der Waals surface area contributed by atoms with Crippen molar-refractivity contribution < 1.29 is 14.1 Å². The largest absolute Gasteiger partial charge is 0.558 e. The van der Waals surface area contributed by atoms with E-state index in [4.69, 9.17) is 32.9 Å². The van der Waals surface area contributed by atoms with E-state index < -0.39 is 10.8 Å². The summed E-state index contributed by atoms with van der Waals surface area (Å²) in [7, 11) is 0. The molecule has 0 fully saturated rings. The number of aromatic nitrogens is 3. The van der Waals surface area contributed by atoms with Gasteiger partial charge in [-0.25, -0.2) is 9.37 Å². The molecule has 1 N–H and O–H groups in total.